The highest BCUT2D eigenvalue weighted by atomic mass is 32.2. The van der Waals surface area contributed by atoms with E-state index < -0.39 is 10.0 Å². The number of hydrogen-bond acceptors (Lipinski definition) is 3. The Balaban J connectivity index is 2.99. The number of aryl methyl sites for hydroxylation is 1. The van der Waals surface area contributed by atoms with Crippen LogP contribution in [0, 0.1) is 6.92 Å². The lowest BCUT2D eigenvalue weighted by atomic mass is 10.3. The molecule has 1 N–H and O–H groups in total. The number of pyridine rings is 1. The van der Waals surface area contributed by atoms with Crippen LogP contribution in [0.25, 0.3) is 0 Å². The zero-order valence-corrected chi connectivity index (χ0v) is 9.13. The second-order valence-electron chi connectivity index (χ2n) is 3.04. The maximum atomic E-state index is 11.7. The van der Waals surface area contributed by atoms with Gasteiger partial charge in [0, 0.05) is 18.9 Å². The first-order valence-corrected chi connectivity index (χ1v) is 5.96. The SMILES string of the molecule is CCCNS(=O)(=O)c1cnccc1C. The summed E-state index contributed by atoms with van der Waals surface area (Å²) in [6.07, 6.45) is 3.72. The molecule has 1 aromatic rings. The van der Waals surface area contributed by atoms with Crippen molar-refractivity contribution < 1.29 is 8.42 Å². The molecule has 0 aliphatic heterocycles. The molecular weight excluding hydrogens is 200 g/mol. The van der Waals surface area contributed by atoms with Gasteiger partial charge in [-0.1, -0.05) is 6.92 Å². The van der Waals surface area contributed by atoms with Gasteiger partial charge in [-0.25, -0.2) is 13.1 Å². The van der Waals surface area contributed by atoms with Crippen molar-refractivity contribution in [2.45, 2.75) is 25.2 Å². The van der Waals surface area contributed by atoms with Crippen LogP contribution in [0.5, 0.6) is 0 Å². The summed E-state index contributed by atoms with van der Waals surface area (Å²) in [5.74, 6) is 0. The van der Waals surface area contributed by atoms with Gasteiger partial charge in [-0.15, -0.1) is 0 Å². The third-order valence-corrected chi connectivity index (χ3v) is 3.41. The Hall–Kier alpha value is -0.940. The average molecular weight is 214 g/mol. The van der Waals surface area contributed by atoms with E-state index in [-0.39, 0.29) is 4.90 Å². The molecule has 0 saturated heterocycles. The van der Waals surface area contributed by atoms with Crippen LogP contribution in [-0.4, -0.2) is 19.9 Å². The summed E-state index contributed by atoms with van der Waals surface area (Å²) in [4.78, 5) is 4.06. The summed E-state index contributed by atoms with van der Waals surface area (Å²) >= 11 is 0. The van der Waals surface area contributed by atoms with Gasteiger partial charge in [0.15, 0.2) is 0 Å². The summed E-state index contributed by atoms with van der Waals surface area (Å²) in [6, 6.07) is 1.68. The highest BCUT2D eigenvalue weighted by Gasteiger charge is 2.15. The smallest absolute Gasteiger partial charge is 0.242 e. The van der Waals surface area contributed by atoms with Crippen molar-refractivity contribution in [1.82, 2.24) is 9.71 Å². The van der Waals surface area contributed by atoms with E-state index in [0.29, 0.717) is 12.1 Å². The maximum Gasteiger partial charge on any atom is 0.242 e. The van der Waals surface area contributed by atoms with Gasteiger partial charge in [0.05, 0.1) is 0 Å². The van der Waals surface area contributed by atoms with E-state index in [0.717, 1.165) is 6.42 Å². The van der Waals surface area contributed by atoms with Crippen molar-refractivity contribution in [3.05, 3.63) is 24.0 Å². The van der Waals surface area contributed by atoms with Crippen LogP contribution >= 0.6 is 0 Å². The Labute approximate surface area is 84.4 Å². The van der Waals surface area contributed by atoms with Gasteiger partial charge in [0.25, 0.3) is 0 Å². The van der Waals surface area contributed by atoms with E-state index in [4.69, 9.17) is 0 Å². The molecule has 1 heterocycles. The second kappa shape index (κ2) is 4.52. The van der Waals surface area contributed by atoms with Gasteiger partial charge in [0.1, 0.15) is 4.90 Å². The van der Waals surface area contributed by atoms with Crippen molar-refractivity contribution in [2.75, 3.05) is 6.54 Å². The average Bonchev–Trinajstić information content (AvgIpc) is 2.15. The fourth-order valence-corrected chi connectivity index (χ4v) is 2.36. The van der Waals surface area contributed by atoms with Crippen LogP contribution in [-0.2, 0) is 10.0 Å². The summed E-state index contributed by atoms with van der Waals surface area (Å²) in [6.45, 7) is 4.12. The Kier molecular flexibility index (Phi) is 3.60. The minimum absolute atomic E-state index is 0.258. The molecule has 0 unspecified atom stereocenters. The van der Waals surface area contributed by atoms with Gasteiger partial charge in [0.2, 0.25) is 10.0 Å². The number of nitrogens with one attached hydrogen (secondary N) is 1. The maximum absolute atomic E-state index is 11.7. The molecule has 1 rings (SSSR count). The predicted molar refractivity (Wildman–Crippen MR) is 54.5 cm³/mol. The summed E-state index contributed by atoms with van der Waals surface area (Å²) in [7, 11) is -3.37. The highest BCUT2D eigenvalue weighted by Crippen LogP contribution is 2.11. The number of nitrogens with zero attached hydrogens (tertiary/aromatic N) is 1. The van der Waals surface area contributed by atoms with Gasteiger partial charge in [-0.05, 0) is 25.0 Å². The lowest BCUT2D eigenvalue weighted by Crippen LogP contribution is -2.25. The monoisotopic (exact) mass is 214 g/mol. The first-order chi connectivity index (χ1) is 6.58. The van der Waals surface area contributed by atoms with Crippen LogP contribution in [0.15, 0.2) is 23.4 Å². The van der Waals surface area contributed by atoms with Crippen LogP contribution in [0.3, 0.4) is 0 Å². The third-order valence-electron chi connectivity index (χ3n) is 1.82. The molecule has 14 heavy (non-hydrogen) atoms. The Morgan fingerprint density at radius 2 is 2.21 bits per heavy atom. The molecule has 0 fully saturated rings. The van der Waals surface area contributed by atoms with E-state index in [9.17, 15) is 8.42 Å². The molecule has 78 valence electrons. The molecule has 0 aliphatic carbocycles. The third kappa shape index (κ3) is 2.52. The molecule has 1 aromatic heterocycles. The largest absolute Gasteiger partial charge is 0.263 e. The molecule has 0 radical (unpaired) electrons. The van der Waals surface area contributed by atoms with Crippen molar-refractivity contribution in [3.8, 4) is 0 Å². The van der Waals surface area contributed by atoms with Crippen molar-refractivity contribution in [3.63, 3.8) is 0 Å². The lowest BCUT2D eigenvalue weighted by Gasteiger charge is -2.06. The molecule has 5 heteroatoms. The van der Waals surface area contributed by atoms with Gasteiger partial charge < -0.3 is 0 Å². The molecule has 4 nitrogen and oxygen atoms in total. The van der Waals surface area contributed by atoms with E-state index in [1.807, 2.05) is 6.92 Å². The topological polar surface area (TPSA) is 59.1 Å². The van der Waals surface area contributed by atoms with Crippen LogP contribution < -0.4 is 4.72 Å². The number of rotatable bonds is 4. The summed E-state index contributed by atoms with van der Waals surface area (Å²) in [5, 5.41) is 0. The molecule has 0 aromatic carbocycles. The van der Waals surface area contributed by atoms with E-state index >= 15 is 0 Å². The van der Waals surface area contributed by atoms with Crippen LogP contribution in [0.2, 0.25) is 0 Å². The number of aromatic nitrogens is 1. The minimum atomic E-state index is -3.37. The van der Waals surface area contributed by atoms with Crippen LogP contribution in [0.4, 0.5) is 0 Å². The summed E-state index contributed by atoms with van der Waals surface area (Å²) < 4.78 is 25.8. The van der Waals surface area contributed by atoms with Gasteiger partial charge in [-0.2, -0.15) is 0 Å². The number of hydrogen-bond donors (Lipinski definition) is 1. The van der Waals surface area contributed by atoms with E-state index in [2.05, 4.69) is 9.71 Å². The minimum Gasteiger partial charge on any atom is -0.263 e. The Bertz CT molecular complexity index is 401. The van der Waals surface area contributed by atoms with Crippen molar-refractivity contribution in [1.29, 1.82) is 0 Å². The lowest BCUT2D eigenvalue weighted by molar-refractivity contribution is 0.579. The second-order valence-corrected chi connectivity index (χ2v) is 4.77. The standard InChI is InChI=1S/C9H14N2O2S/c1-3-5-11-14(12,13)9-7-10-6-4-8(9)2/h4,6-7,11H,3,5H2,1-2H3. The normalized spacial score (nSPS) is 11.6. The van der Waals surface area contributed by atoms with Crippen molar-refractivity contribution >= 4 is 10.0 Å². The predicted octanol–water partition coefficient (Wildman–Crippen LogP) is 1.08. The fraction of sp³-hybridized carbons (Fsp3) is 0.444. The molecule has 0 amide bonds. The quantitative estimate of drug-likeness (QED) is 0.815. The zero-order chi connectivity index (χ0) is 10.6. The molecule has 0 spiro atoms. The first-order valence-electron chi connectivity index (χ1n) is 4.48. The number of sulfonamides is 1. The zero-order valence-electron chi connectivity index (χ0n) is 8.32. The van der Waals surface area contributed by atoms with E-state index in [1.165, 1.54) is 6.20 Å². The highest BCUT2D eigenvalue weighted by molar-refractivity contribution is 7.89. The molecule has 0 bridgehead atoms. The fourth-order valence-electron chi connectivity index (χ4n) is 1.05. The molecular formula is C9H14N2O2S. The molecule has 0 saturated carbocycles. The van der Waals surface area contributed by atoms with Gasteiger partial charge >= 0.3 is 0 Å². The molecule has 0 aliphatic rings. The Morgan fingerprint density at radius 1 is 1.50 bits per heavy atom. The van der Waals surface area contributed by atoms with Crippen LogP contribution in [0.1, 0.15) is 18.9 Å². The van der Waals surface area contributed by atoms with Crippen molar-refractivity contribution in [2.24, 2.45) is 0 Å². The summed E-state index contributed by atoms with van der Waals surface area (Å²) in [5.41, 5.74) is 0.712. The van der Waals surface area contributed by atoms with E-state index in [1.54, 1.807) is 19.2 Å². The molecule has 0 atom stereocenters. The van der Waals surface area contributed by atoms with Gasteiger partial charge in [-0.3, -0.25) is 4.98 Å². The first kappa shape index (κ1) is 11.1. The Morgan fingerprint density at radius 3 is 2.79 bits per heavy atom.